The van der Waals surface area contributed by atoms with Crippen LogP contribution in [0.15, 0.2) is 66.9 Å². The molecule has 0 radical (unpaired) electrons. The number of aryl methyl sites for hydroxylation is 1. The number of aromatic nitrogens is 2. The molecule has 1 fully saturated rings. The largest absolute Gasteiger partial charge is 0.338 e. The molecule has 1 aliphatic heterocycles. The Morgan fingerprint density at radius 3 is 2.53 bits per heavy atom. The quantitative estimate of drug-likeness (QED) is 0.540. The summed E-state index contributed by atoms with van der Waals surface area (Å²) < 4.78 is 25.4. The molecule has 1 amide bonds. The highest BCUT2D eigenvalue weighted by Crippen LogP contribution is 2.24. The van der Waals surface area contributed by atoms with Crippen molar-refractivity contribution < 1.29 is 13.2 Å². The van der Waals surface area contributed by atoms with Gasteiger partial charge in [0, 0.05) is 36.5 Å². The molecule has 1 aliphatic rings. The molecule has 1 atom stereocenters. The van der Waals surface area contributed by atoms with Crippen molar-refractivity contribution in [3.05, 3.63) is 83.6 Å². The summed E-state index contributed by atoms with van der Waals surface area (Å²) in [7, 11) is -1.38. The first-order chi connectivity index (χ1) is 15.3. The number of carbonyl (C=O) groups excluding carboxylic acids is 1. The number of hydrogen-bond donors (Lipinski definition) is 0. The number of rotatable bonds is 6. The minimum absolute atomic E-state index is 0.0346. The van der Waals surface area contributed by atoms with Crippen LogP contribution in [0.5, 0.6) is 0 Å². The summed E-state index contributed by atoms with van der Waals surface area (Å²) in [6.45, 7) is 2.69. The Hall–Kier alpha value is -3.19. The van der Waals surface area contributed by atoms with Gasteiger partial charge in [-0.3, -0.25) is 9.48 Å². The van der Waals surface area contributed by atoms with Gasteiger partial charge in [0.2, 0.25) is 5.91 Å². The van der Waals surface area contributed by atoms with Crippen molar-refractivity contribution in [3.63, 3.8) is 0 Å². The van der Waals surface area contributed by atoms with E-state index in [9.17, 15) is 13.2 Å². The normalized spacial score (nSPS) is 17.6. The minimum atomic E-state index is -3.04. The van der Waals surface area contributed by atoms with E-state index in [1.165, 1.54) is 16.5 Å². The van der Waals surface area contributed by atoms with Crippen molar-refractivity contribution in [2.24, 2.45) is 0 Å². The molecule has 0 aliphatic carbocycles. The number of nitrogens with zero attached hydrogens (tertiary/aromatic N) is 3. The van der Waals surface area contributed by atoms with E-state index >= 15 is 0 Å². The molecule has 3 aromatic rings. The predicted molar refractivity (Wildman–Crippen MR) is 127 cm³/mol. The second-order valence-electron chi connectivity index (χ2n) is 8.32. The fourth-order valence-electron chi connectivity index (χ4n) is 3.88. The summed E-state index contributed by atoms with van der Waals surface area (Å²) >= 11 is 0. The molecule has 2 aromatic carbocycles. The van der Waals surface area contributed by atoms with E-state index in [0.717, 1.165) is 22.4 Å². The highest BCUT2D eigenvalue weighted by atomic mass is 32.2. The molecule has 0 saturated carbocycles. The van der Waals surface area contributed by atoms with Crippen LogP contribution in [0.1, 0.15) is 23.1 Å². The number of sulfone groups is 1. The number of benzene rings is 2. The molecule has 1 unspecified atom stereocenters. The summed E-state index contributed by atoms with van der Waals surface area (Å²) in [6.07, 6.45) is 5.70. The van der Waals surface area contributed by atoms with Crippen LogP contribution in [0, 0.1) is 6.92 Å². The summed E-state index contributed by atoms with van der Waals surface area (Å²) in [5.74, 6) is -0.0344. The Kier molecular flexibility index (Phi) is 6.28. The maximum absolute atomic E-state index is 12.7. The third-order valence-corrected chi connectivity index (χ3v) is 7.56. The van der Waals surface area contributed by atoms with Crippen molar-refractivity contribution in [2.75, 3.05) is 18.6 Å². The van der Waals surface area contributed by atoms with Crippen LogP contribution in [0.4, 0.5) is 0 Å². The molecular weight excluding hydrogens is 422 g/mol. The predicted octanol–water partition coefficient (Wildman–Crippen LogP) is 3.57. The minimum Gasteiger partial charge on any atom is -0.338 e. The van der Waals surface area contributed by atoms with Gasteiger partial charge in [0.25, 0.3) is 0 Å². The van der Waals surface area contributed by atoms with Gasteiger partial charge in [-0.15, -0.1) is 0 Å². The molecule has 32 heavy (non-hydrogen) atoms. The third-order valence-electron chi connectivity index (χ3n) is 5.81. The molecule has 0 bridgehead atoms. The fraction of sp³-hybridized carbons (Fsp3) is 0.280. The Labute approximate surface area is 189 Å². The molecule has 6 nitrogen and oxygen atoms in total. The zero-order valence-corrected chi connectivity index (χ0v) is 19.1. The zero-order valence-electron chi connectivity index (χ0n) is 18.3. The number of hydrogen-bond acceptors (Lipinski definition) is 4. The maximum atomic E-state index is 12.7. The second kappa shape index (κ2) is 9.12. The first-order valence-corrected chi connectivity index (χ1v) is 12.5. The molecule has 2 heterocycles. The molecular formula is C25H27N3O3S. The summed E-state index contributed by atoms with van der Waals surface area (Å²) in [5.41, 5.74) is 4.96. The van der Waals surface area contributed by atoms with Crippen molar-refractivity contribution in [3.8, 4) is 11.3 Å². The lowest BCUT2D eigenvalue weighted by Crippen LogP contribution is -2.36. The van der Waals surface area contributed by atoms with Gasteiger partial charge in [0.1, 0.15) is 0 Å². The average Bonchev–Trinajstić information content (AvgIpc) is 3.36. The summed E-state index contributed by atoms with van der Waals surface area (Å²) in [4.78, 5) is 14.2. The molecule has 4 rings (SSSR count). The smallest absolute Gasteiger partial charge is 0.246 e. The zero-order chi connectivity index (χ0) is 22.7. The first kappa shape index (κ1) is 22.0. The van der Waals surface area contributed by atoms with Crippen LogP contribution in [0.3, 0.4) is 0 Å². The van der Waals surface area contributed by atoms with Crippen LogP contribution in [-0.2, 0) is 21.2 Å². The molecule has 7 heteroatoms. The van der Waals surface area contributed by atoms with E-state index < -0.39 is 9.84 Å². The SMILES string of the molecule is Cc1ccc(Cn2cc(C=CC(=O)N(C)C3CCS(=O)(=O)C3)c(-c3ccccc3)n2)cc1. The lowest BCUT2D eigenvalue weighted by atomic mass is 10.1. The number of carbonyl (C=O) groups is 1. The van der Waals surface area contributed by atoms with E-state index in [4.69, 9.17) is 5.10 Å². The van der Waals surface area contributed by atoms with Crippen LogP contribution < -0.4 is 0 Å². The Balaban J connectivity index is 1.58. The van der Waals surface area contributed by atoms with Gasteiger partial charge in [-0.25, -0.2) is 8.42 Å². The van der Waals surface area contributed by atoms with E-state index in [0.29, 0.717) is 13.0 Å². The number of likely N-dealkylation sites (N-methyl/N-ethyl adjacent to an activating group) is 1. The van der Waals surface area contributed by atoms with Crippen molar-refractivity contribution in [1.82, 2.24) is 14.7 Å². The van der Waals surface area contributed by atoms with E-state index in [1.54, 1.807) is 13.1 Å². The Morgan fingerprint density at radius 2 is 1.88 bits per heavy atom. The van der Waals surface area contributed by atoms with Crippen LogP contribution in [0.2, 0.25) is 0 Å². The highest BCUT2D eigenvalue weighted by molar-refractivity contribution is 7.91. The van der Waals surface area contributed by atoms with Crippen molar-refractivity contribution >= 4 is 21.8 Å². The summed E-state index contributed by atoms with van der Waals surface area (Å²) in [5, 5.41) is 4.78. The van der Waals surface area contributed by atoms with Gasteiger partial charge in [-0.2, -0.15) is 5.10 Å². The van der Waals surface area contributed by atoms with E-state index in [1.807, 2.05) is 41.2 Å². The number of amides is 1. The van der Waals surface area contributed by atoms with Crippen LogP contribution in [0.25, 0.3) is 17.3 Å². The van der Waals surface area contributed by atoms with Gasteiger partial charge >= 0.3 is 0 Å². The lowest BCUT2D eigenvalue weighted by Gasteiger charge is -2.21. The van der Waals surface area contributed by atoms with Gasteiger partial charge in [0.05, 0.1) is 23.7 Å². The molecule has 1 aromatic heterocycles. The van der Waals surface area contributed by atoms with Crippen LogP contribution in [-0.4, -0.2) is 53.6 Å². The van der Waals surface area contributed by atoms with Crippen molar-refractivity contribution in [2.45, 2.75) is 25.9 Å². The fourth-order valence-corrected chi connectivity index (χ4v) is 5.65. The molecule has 0 N–H and O–H groups in total. The monoisotopic (exact) mass is 449 g/mol. The van der Waals surface area contributed by atoms with Gasteiger partial charge < -0.3 is 4.90 Å². The topological polar surface area (TPSA) is 72.3 Å². The van der Waals surface area contributed by atoms with E-state index in [-0.39, 0.29) is 23.5 Å². The highest BCUT2D eigenvalue weighted by Gasteiger charge is 2.32. The Bertz CT molecular complexity index is 1230. The molecule has 0 spiro atoms. The molecule has 166 valence electrons. The van der Waals surface area contributed by atoms with Crippen LogP contribution >= 0.6 is 0 Å². The lowest BCUT2D eigenvalue weighted by molar-refractivity contribution is -0.126. The van der Waals surface area contributed by atoms with Crippen molar-refractivity contribution in [1.29, 1.82) is 0 Å². The standard InChI is InChI=1S/C25H27N3O3S/c1-19-8-10-20(11-9-19)16-28-17-22(25(26-28)21-6-4-3-5-7-21)12-13-24(29)27(2)23-14-15-32(30,31)18-23/h3-13,17,23H,14-16,18H2,1-2H3. The first-order valence-electron chi connectivity index (χ1n) is 10.6. The molecule has 1 saturated heterocycles. The average molecular weight is 450 g/mol. The summed E-state index contributed by atoms with van der Waals surface area (Å²) in [6, 6.07) is 17.9. The third kappa shape index (κ3) is 5.16. The Morgan fingerprint density at radius 1 is 1.16 bits per heavy atom. The van der Waals surface area contributed by atoms with Gasteiger partial charge in [0.15, 0.2) is 9.84 Å². The second-order valence-corrected chi connectivity index (χ2v) is 10.6. The van der Waals surface area contributed by atoms with Gasteiger partial charge in [-0.05, 0) is 25.0 Å². The van der Waals surface area contributed by atoms with Gasteiger partial charge in [-0.1, -0.05) is 60.2 Å². The van der Waals surface area contributed by atoms with E-state index in [2.05, 4.69) is 31.2 Å². The maximum Gasteiger partial charge on any atom is 0.246 e.